The van der Waals surface area contributed by atoms with E-state index in [1.54, 1.807) is 27.4 Å². The SMILES string of the molecule is COC[C@H]1O[C@@H](Nc2ccnc(=O)[nH]2)[C@@H](OC)[C@@H]1OC. The number of hydrogen-bond acceptors (Lipinski definition) is 7. The zero-order valence-electron chi connectivity index (χ0n) is 11.7. The van der Waals surface area contributed by atoms with E-state index in [4.69, 9.17) is 18.9 Å². The van der Waals surface area contributed by atoms with Gasteiger partial charge in [-0.3, -0.25) is 4.98 Å². The van der Waals surface area contributed by atoms with Gasteiger partial charge < -0.3 is 24.3 Å². The zero-order chi connectivity index (χ0) is 14.5. The Morgan fingerprint density at radius 2 is 2.10 bits per heavy atom. The minimum absolute atomic E-state index is 0.249. The van der Waals surface area contributed by atoms with Gasteiger partial charge in [-0.1, -0.05) is 0 Å². The lowest BCUT2D eigenvalue weighted by Gasteiger charge is -2.22. The first-order valence-corrected chi connectivity index (χ1v) is 6.21. The molecule has 2 heterocycles. The average molecular weight is 285 g/mol. The minimum Gasteiger partial charge on any atom is -0.382 e. The van der Waals surface area contributed by atoms with Gasteiger partial charge in [-0.05, 0) is 6.07 Å². The molecule has 1 aliphatic rings. The van der Waals surface area contributed by atoms with Crippen molar-refractivity contribution >= 4 is 5.82 Å². The molecule has 0 aromatic carbocycles. The number of rotatable bonds is 6. The predicted octanol–water partition coefficient (Wildman–Crippen LogP) is -0.417. The van der Waals surface area contributed by atoms with Crippen LogP contribution in [-0.2, 0) is 18.9 Å². The smallest absolute Gasteiger partial charge is 0.346 e. The normalized spacial score (nSPS) is 29.6. The number of anilines is 1. The summed E-state index contributed by atoms with van der Waals surface area (Å²) in [6.07, 6.45) is 0.130. The molecule has 112 valence electrons. The first-order valence-electron chi connectivity index (χ1n) is 6.21. The van der Waals surface area contributed by atoms with E-state index in [9.17, 15) is 4.79 Å². The van der Waals surface area contributed by atoms with Crippen LogP contribution in [0.5, 0.6) is 0 Å². The third-order valence-electron chi connectivity index (χ3n) is 3.16. The number of ether oxygens (including phenoxy) is 4. The van der Waals surface area contributed by atoms with Crippen molar-refractivity contribution in [2.45, 2.75) is 24.5 Å². The number of nitrogens with one attached hydrogen (secondary N) is 2. The van der Waals surface area contributed by atoms with Crippen molar-refractivity contribution in [1.29, 1.82) is 0 Å². The highest BCUT2D eigenvalue weighted by molar-refractivity contribution is 5.33. The Morgan fingerprint density at radius 1 is 1.35 bits per heavy atom. The molecule has 1 saturated heterocycles. The third kappa shape index (κ3) is 3.15. The summed E-state index contributed by atoms with van der Waals surface area (Å²) >= 11 is 0. The van der Waals surface area contributed by atoms with Crippen LogP contribution in [0.4, 0.5) is 5.82 Å². The van der Waals surface area contributed by atoms with Crippen LogP contribution in [0.2, 0.25) is 0 Å². The van der Waals surface area contributed by atoms with Gasteiger partial charge in [0.05, 0.1) is 6.61 Å². The zero-order valence-corrected chi connectivity index (χ0v) is 11.7. The molecule has 1 fully saturated rings. The Labute approximate surface area is 116 Å². The second kappa shape index (κ2) is 6.80. The molecule has 0 amide bonds. The molecule has 0 radical (unpaired) electrons. The molecule has 8 nitrogen and oxygen atoms in total. The van der Waals surface area contributed by atoms with Gasteiger partial charge in [-0.15, -0.1) is 0 Å². The summed E-state index contributed by atoms with van der Waals surface area (Å²) in [7, 11) is 4.78. The van der Waals surface area contributed by atoms with Crippen molar-refractivity contribution in [1.82, 2.24) is 9.97 Å². The van der Waals surface area contributed by atoms with Crippen LogP contribution < -0.4 is 11.0 Å². The van der Waals surface area contributed by atoms with Crippen LogP contribution >= 0.6 is 0 Å². The minimum atomic E-state index is -0.455. The molecule has 1 aliphatic heterocycles. The lowest BCUT2D eigenvalue weighted by molar-refractivity contribution is -0.0469. The standard InChI is InChI=1S/C12H19N3O5/c1-17-6-7-9(18-2)10(19-3)11(20-7)14-8-4-5-13-12(16)15-8/h4-5,7,9-11H,6H2,1-3H3,(H2,13,14,15,16)/t7-,9-,10+,11-/m1/s1. The van der Waals surface area contributed by atoms with Gasteiger partial charge in [0.2, 0.25) is 0 Å². The fraction of sp³-hybridized carbons (Fsp3) is 0.667. The number of hydrogen-bond donors (Lipinski definition) is 2. The maximum atomic E-state index is 11.2. The predicted molar refractivity (Wildman–Crippen MR) is 70.6 cm³/mol. The van der Waals surface area contributed by atoms with Crippen molar-refractivity contribution in [2.24, 2.45) is 0 Å². The molecular weight excluding hydrogens is 266 g/mol. The fourth-order valence-electron chi connectivity index (χ4n) is 2.29. The molecule has 0 spiro atoms. The molecular formula is C12H19N3O5. The van der Waals surface area contributed by atoms with Gasteiger partial charge in [-0.2, -0.15) is 0 Å². The van der Waals surface area contributed by atoms with E-state index in [0.29, 0.717) is 12.4 Å². The largest absolute Gasteiger partial charge is 0.382 e. The summed E-state index contributed by atoms with van der Waals surface area (Å²) in [5, 5.41) is 3.06. The molecule has 0 unspecified atom stereocenters. The van der Waals surface area contributed by atoms with Crippen molar-refractivity contribution in [3.05, 3.63) is 22.7 Å². The van der Waals surface area contributed by atoms with E-state index in [0.717, 1.165) is 0 Å². The van der Waals surface area contributed by atoms with Crippen molar-refractivity contribution in [3.63, 3.8) is 0 Å². The fourth-order valence-corrected chi connectivity index (χ4v) is 2.29. The second-order valence-corrected chi connectivity index (χ2v) is 4.38. The molecule has 1 aromatic rings. The summed E-state index contributed by atoms with van der Waals surface area (Å²) in [6, 6.07) is 1.64. The van der Waals surface area contributed by atoms with Crippen LogP contribution in [0.15, 0.2) is 17.1 Å². The molecule has 1 aromatic heterocycles. The maximum absolute atomic E-state index is 11.2. The van der Waals surface area contributed by atoms with Crippen LogP contribution in [0.3, 0.4) is 0 Å². The lowest BCUT2D eigenvalue weighted by Crippen LogP contribution is -2.40. The van der Waals surface area contributed by atoms with E-state index in [2.05, 4.69) is 15.3 Å². The molecule has 4 atom stereocenters. The quantitative estimate of drug-likeness (QED) is 0.733. The number of methoxy groups -OCH3 is 3. The number of nitrogens with zero attached hydrogens (tertiary/aromatic N) is 1. The van der Waals surface area contributed by atoms with E-state index in [1.165, 1.54) is 6.20 Å². The first kappa shape index (κ1) is 14.9. The molecule has 0 saturated carbocycles. The molecule has 2 rings (SSSR count). The molecule has 20 heavy (non-hydrogen) atoms. The molecule has 0 aliphatic carbocycles. The molecule has 0 bridgehead atoms. The third-order valence-corrected chi connectivity index (χ3v) is 3.16. The summed E-state index contributed by atoms with van der Waals surface area (Å²) in [5.74, 6) is 0.505. The van der Waals surface area contributed by atoms with Crippen molar-refractivity contribution in [3.8, 4) is 0 Å². The van der Waals surface area contributed by atoms with Crippen LogP contribution in [-0.4, -0.2) is 62.4 Å². The topological polar surface area (TPSA) is 94.7 Å². The van der Waals surface area contributed by atoms with E-state index < -0.39 is 11.9 Å². The number of H-pyrrole nitrogens is 1. The maximum Gasteiger partial charge on any atom is 0.346 e. The van der Waals surface area contributed by atoms with E-state index in [1.807, 2.05) is 0 Å². The molecule has 8 heteroatoms. The first-order chi connectivity index (χ1) is 9.69. The lowest BCUT2D eigenvalue weighted by atomic mass is 10.1. The van der Waals surface area contributed by atoms with Gasteiger partial charge in [0.15, 0.2) is 6.23 Å². The van der Waals surface area contributed by atoms with Gasteiger partial charge >= 0.3 is 5.69 Å². The second-order valence-electron chi connectivity index (χ2n) is 4.38. The van der Waals surface area contributed by atoms with Crippen LogP contribution in [0, 0.1) is 0 Å². The Morgan fingerprint density at radius 3 is 2.70 bits per heavy atom. The van der Waals surface area contributed by atoms with Crippen molar-refractivity contribution in [2.75, 3.05) is 33.3 Å². The van der Waals surface area contributed by atoms with E-state index in [-0.39, 0.29) is 18.3 Å². The highest BCUT2D eigenvalue weighted by atomic mass is 16.6. The Hall–Kier alpha value is -1.48. The van der Waals surface area contributed by atoms with Crippen LogP contribution in [0.25, 0.3) is 0 Å². The Bertz CT molecular complexity index is 480. The number of aromatic nitrogens is 2. The Kier molecular flexibility index (Phi) is 5.07. The summed E-state index contributed by atoms with van der Waals surface area (Å²) in [4.78, 5) is 17.3. The van der Waals surface area contributed by atoms with Gasteiger partial charge in [0.1, 0.15) is 24.1 Å². The highest BCUT2D eigenvalue weighted by Gasteiger charge is 2.45. The summed E-state index contributed by atoms with van der Waals surface area (Å²) in [5.41, 5.74) is -0.432. The van der Waals surface area contributed by atoms with Gasteiger partial charge in [-0.25, -0.2) is 9.78 Å². The van der Waals surface area contributed by atoms with Crippen LogP contribution in [0.1, 0.15) is 0 Å². The monoisotopic (exact) mass is 285 g/mol. The van der Waals surface area contributed by atoms with Gasteiger partial charge in [0, 0.05) is 27.5 Å². The van der Waals surface area contributed by atoms with E-state index >= 15 is 0 Å². The summed E-state index contributed by atoms with van der Waals surface area (Å²) in [6.45, 7) is 0.392. The summed E-state index contributed by atoms with van der Waals surface area (Å²) < 4.78 is 21.8. The Balaban J connectivity index is 2.12. The molecule has 2 N–H and O–H groups in total. The average Bonchev–Trinajstić information content (AvgIpc) is 2.75. The highest BCUT2D eigenvalue weighted by Crippen LogP contribution is 2.26. The van der Waals surface area contributed by atoms with Crippen molar-refractivity contribution < 1.29 is 18.9 Å². The number of aromatic amines is 1. The van der Waals surface area contributed by atoms with Gasteiger partial charge in [0.25, 0.3) is 0 Å².